The summed E-state index contributed by atoms with van der Waals surface area (Å²) < 4.78 is 26.2. The van der Waals surface area contributed by atoms with E-state index >= 15 is 0 Å². The third kappa shape index (κ3) is 3.07. The standard InChI is InChI=1S/C11H13F2N5O3/c1-17-11(20)18(16-15-17)9-4-2-3-7(10(12)13)8(9)5-21-14-6-19/h2-4,6,10,15-16H,5H2,1H3,(H,14,19). The molecule has 3 amide bonds. The third-order valence-corrected chi connectivity index (χ3v) is 2.82. The summed E-state index contributed by atoms with van der Waals surface area (Å²) in [4.78, 5) is 26.8. The molecule has 114 valence electrons. The number of carbonyl (C=O) groups is 2. The highest BCUT2D eigenvalue weighted by Gasteiger charge is 2.30. The number of hydrazine groups is 3. The zero-order valence-electron chi connectivity index (χ0n) is 11.0. The van der Waals surface area contributed by atoms with E-state index in [4.69, 9.17) is 4.84 Å². The Morgan fingerprint density at radius 3 is 2.76 bits per heavy atom. The van der Waals surface area contributed by atoms with Gasteiger partial charge in [0.2, 0.25) is 6.41 Å². The number of amides is 3. The molecule has 0 bridgehead atoms. The molecule has 0 spiro atoms. The molecule has 0 saturated carbocycles. The first-order valence-corrected chi connectivity index (χ1v) is 5.86. The highest BCUT2D eigenvalue weighted by Crippen LogP contribution is 2.31. The van der Waals surface area contributed by atoms with Gasteiger partial charge in [0, 0.05) is 18.2 Å². The molecule has 0 aliphatic carbocycles. The number of hydrogen-bond acceptors (Lipinski definition) is 5. The molecule has 1 heterocycles. The number of hydroxylamine groups is 1. The molecule has 1 aromatic carbocycles. The van der Waals surface area contributed by atoms with Gasteiger partial charge in [0.15, 0.2) is 0 Å². The summed E-state index contributed by atoms with van der Waals surface area (Å²) >= 11 is 0. The maximum atomic E-state index is 13.1. The van der Waals surface area contributed by atoms with Crippen LogP contribution >= 0.6 is 0 Å². The van der Waals surface area contributed by atoms with Crippen molar-refractivity contribution in [3.63, 3.8) is 0 Å². The molecule has 1 aromatic rings. The van der Waals surface area contributed by atoms with E-state index in [1.807, 2.05) is 5.48 Å². The minimum atomic E-state index is -2.75. The summed E-state index contributed by atoms with van der Waals surface area (Å²) in [6, 6.07) is 3.63. The average Bonchev–Trinajstić information content (AvgIpc) is 2.79. The van der Waals surface area contributed by atoms with Gasteiger partial charge in [0.05, 0.1) is 5.69 Å². The number of hydrogen-bond donors (Lipinski definition) is 3. The lowest BCUT2D eigenvalue weighted by Gasteiger charge is -2.20. The molecule has 0 unspecified atom stereocenters. The van der Waals surface area contributed by atoms with E-state index in [-0.39, 0.29) is 29.8 Å². The first kappa shape index (κ1) is 15.1. The number of rotatable bonds is 6. The van der Waals surface area contributed by atoms with Gasteiger partial charge < -0.3 is 0 Å². The maximum Gasteiger partial charge on any atom is 0.355 e. The SMILES string of the molecule is CN1NNN(c2cccc(C(F)F)c2CONC=O)C1=O. The van der Waals surface area contributed by atoms with Gasteiger partial charge in [-0.2, -0.15) is 0 Å². The molecule has 1 aliphatic heterocycles. The topological polar surface area (TPSA) is 85.9 Å². The summed E-state index contributed by atoms with van der Waals surface area (Å²) in [6.45, 7) is -0.316. The van der Waals surface area contributed by atoms with Crippen LogP contribution in [0, 0.1) is 0 Å². The van der Waals surface area contributed by atoms with Crippen molar-refractivity contribution < 1.29 is 23.2 Å². The van der Waals surface area contributed by atoms with Crippen molar-refractivity contribution >= 4 is 18.1 Å². The average molecular weight is 301 g/mol. The van der Waals surface area contributed by atoms with E-state index in [0.717, 1.165) is 10.0 Å². The van der Waals surface area contributed by atoms with E-state index in [9.17, 15) is 18.4 Å². The lowest BCUT2D eigenvalue weighted by molar-refractivity contribution is -0.121. The molecular weight excluding hydrogens is 288 g/mol. The number of urea groups is 1. The molecule has 10 heteroatoms. The highest BCUT2D eigenvalue weighted by molar-refractivity contribution is 5.93. The molecule has 3 N–H and O–H groups in total. The molecule has 0 aromatic heterocycles. The highest BCUT2D eigenvalue weighted by atomic mass is 19.3. The maximum absolute atomic E-state index is 13.1. The second-order valence-corrected chi connectivity index (χ2v) is 4.07. The molecule has 1 fully saturated rings. The van der Waals surface area contributed by atoms with Gasteiger partial charge in [0.1, 0.15) is 6.61 Å². The van der Waals surface area contributed by atoms with Crippen LogP contribution in [0.3, 0.4) is 0 Å². The smallest absolute Gasteiger partial charge is 0.277 e. The van der Waals surface area contributed by atoms with Crippen molar-refractivity contribution in [2.24, 2.45) is 0 Å². The van der Waals surface area contributed by atoms with Gasteiger partial charge in [-0.1, -0.05) is 12.1 Å². The molecular formula is C11H13F2N5O3. The molecule has 1 saturated heterocycles. The van der Waals surface area contributed by atoms with Crippen LogP contribution in [-0.2, 0) is 16.2 Å². The van der Waals surface area contributed by atoms with E-state index in [1.54, 1.807) is 0 Å². The van der Waals surface area contributed by atoms with Crippen LogP contribution in [0.25, 0.3) is 0 Å². The van der Waals surface area contributed by atoms with E-state index in [0.29, 0.717) is 0 Å². The predicted molar refractivity (Wildman–Crippen MR) is 67.3 cm³/mol. The minimum Gasteiger partial charge on any atom is -0.277 e. The number of anilines is 1. The Hall–Kier alpha value is -2.30. The van der Waals surface area contributed by atoms with Gasteiger partial charge in [-0.05, 0) is 6.07 Å². The van der Waals surface area contributed by atoms with Crippen LogP contribution in [0.5, 0.6) is 0 Å². The zero-order chi connectivity index (χ0) is 15.4. The Bertz CT molecular complexity index is 543. The third-order valence-electron chi connectivity index (χ3n) is 2.82. The van der Waals surface area contributed by atoms with Gasteiger partial charge in [0.25, 0.3) is 6.43 Å². The zero-order valence-corrected chi connectivity index (χ0v) is 11.0. The fourth-order valence-corrected chi connectivity index (χ4v) is 1.84. The van der Waals surface area contributed by atoms with E-state index < -0.39 is 12.5 Å². The van der Waals surface area contributed by atoms with Crippen molar-refractivity contribution in [2.45, 2.75) is 13.0 Å². The Morgan fingerprint density at radius 2 is 2.19 bits per heavy atom. The predicted octanol–water partition coefficient (Wildman–Crippen LogP) is 0.598. The number of nitrogens with zero attached hydrogens (tertiary/aromatic N) is 2. The van der Waals surface area contributed by atoms with Crippen LogP contribution in [0.2, 0.25) is 0 Å². The van der Waals surface area contributed by atoms with Crippen molar-refractivity contribution in [1.82, 2.24) is 21.6 Å². The summed E-state index contributed by atoms with van der Waals surface area (Å²) in [5.41, 5.74) is 6.98. The molecule has 21 heavy (non-hydrogen) atoms. The largest absolute Gasteiger partial charge is 0.355 e. The quantitative estimate of drug-likeness (QED) is 0.407. The Balaban J connectivity index is 2.37. The van der Waals surface area contributed by atoms with Gasteiger partial charge >= 0.3 is 6.03 Å². The van der Waals surface area contributed by atoms with Gasteiger partial charge in [-0.15, -0.1) is 11.1 Å². The lowest BCUT2D eigenvalue weighted by Crippen LogP contribution is -2.38. The Kier molecular flexibility index (Phi) is 4.62. The van der Waals surface area contributed by atoms with Crippen LogP contribution in [0.15, 0.2) is 18.2 Å². The summed E-state index contributed by atoms with van der Waals surface area (Å²) in [5.74, 6) is 0. The fourth-order valence-electron chi connectivity index (χ4n) is 1.84. The number of benzene rings is 1. The molecule has 1 aliphatic rings. The first-order valence-electron chi connectivity index (χ1n) is 5.86. The van der Waals surface area contributed by atoms with Gasteiger partial charge in [-0.25, -0.2) is 29.1 Å². The molecule has 0 atom stereocenters. The van der Waals surface area contributed by atoms with Crippen LogP contribution in [0.1, 0.15) is 17.6 Å². The monoisotopic (exact) mass is 301 g/mol. The van der Waals surface area contributed by atoms with Gasteiger partial charge in [-0.3, -0.25) is 9.63 Å². The first-order chi connectivity index (χ1) is 10.1. The van der Waals surface area contributed by atoms with Crippen LogP contribution in [0.4, 0.5) is 19.3 Å². The molecule has 0 radical (unpaired) electrons. The second-order valence-electron chi connectivity index (χ2n) is 4.07. The second kappa shape index (κ2) is 6.43. The lowest BCUT2D eigenvalue weighted by atomic mass is 10.1. The summed E-state index contributed by atoms with van der Waals surface area (Å²) in [6.07, 6.45) is -2.47. The van der Waals surface area contributed by atoms with Crippen LogP contribution < -0.4 is 21.6 Å². The number of alkyl halides is 2. The fraction of sp³-hybridized carbons (Fsp3) is 0.273. The normalized spacial score (nSPS) is 15.0. The van der Waals surface area contributed by atoms with Crippen LogP contribution in [-0.4, -0.2) is 24.5 Å². The summed E-state index contributed by atoms with van der Waals surface area (Å²) in [7, 11) is 1.47. The molecule has 8 nitrogen and oxygen atoms in total. The Labute approximate surface area is 118 Å². The van der Waals surface area contributed by atoms with E-state index in [1.165, 1.54) is 25.2 Å². The summed E-state index contributed by atoms with van der Waals surface area (Å²) in [5, 5.41) is 2.20. The van der Waals surface area contributed by atoms with E-state index in [2.05, 4.69) is 11.1 Å². The number of nitrogens with one attached hydrogen (secondary N) is 3. The number of halogens is 2. The minimum absolute atomic E-state index is 0.0831. The van der Waals surface area contributed by atoms with Crippen molar-refractivity contribution in [3.8, 4) is 0 Å². The Morgan fingerprint density at radius 1 is 1.43 bits per heavy atom. The van der Waals surface area contributed by atoms with Crippen molar-refractivity contribution in [3.05, 3.63) is 29.3 Å². The van der Waals surface area contributed by atoms with Crippen molar-refractivity contribution in [2.75, 3.05) is 12.1 Å². The number of carbonyl (C=O) groups excluding carboxylic acids is 2. The molecule has 2 rings (SSSR count). The van der Waals surface area contributed by atoms with Crippen molar-refractivity contribution in [1.29, 1.82) is 0 Å².